The molecular weight excluding hydrogens is 324 g/mol. The molecule has 2 aromatic rings. The van der Waals surface area contributed by atoms with Crippen LogP contribution < -0.4 is 5.32 Å². The number of aromatic nitrogens is 1. The molecule has 1 heterocycles. The zero-order chi connectivity index (χ0) is 16.3. The van der Waals surface area contributed by atoms with E-state index in [2.05, 4.69) is 16.9 Å². The fourth-order valence-corrected chi connectivity index (χ4v) is 2.76. The van der Waals surface area contributed by atoms with Gasteiger partial charge in [0.05, 0.1) is 22.0 Å². The van der Waals surface area contributed by atoms with Crippen LogP contribution in [0.3, 0.4) is 0 Å². The molecule has 0 radical (unpaired) electrons. The van der Waals surface area contributed by atoms with Crippen molar-refractivity contribution in [2.45, 2.75) is 13.3 Å². The van der Waals surface area contributed by atoms with E-state index in [1.165, 1.54) is 0 Å². The zero-order valence-electron chi connectivity index (χ0n) is 12.0. The summed E-state index contributed by atoms with van der Waals surface area (Å²) >= 11 is 6.23. The Morgan fingerprint density at radius 3 is 2.86 bits per heavy atom. The average Bonchev–Trinajstić information content (AvgIpc) is 2.49. The largest absolute Gasteiger partial charge is 0.324 e. The molecule has 1 aromatic heterocycles. The summed E-state index contributed by atoms with van der Waals surface area (Å²) in [6.07, 6.45) is 1.48. The standard InChI is InChI=1S/C15H15ClN2O3S/c1-3-22(20,21)8-7-13(19)18-12-6-4-5-11-14(16)10(2)9-17-15(11)12/h3-6,9H,1,7-8H2,2H3,(H,18,19). The lowest BCUT2D eigenvalue weighted by molar-refractivity contribution is -0.115. The third kappa shape index (κ3) is 3.64. The van der Waals surface area contributed by atoms with Crippen molar-refractivity contribution in [1.82, 2.24) is 4.98 Å². The van der Waals surface area contributed by atoms with Gasteiger partial charge >= 0.3 is 0 Å². The minimum atomic E-state index is -3.40. The van der Waals surface area contributed by atoms with Crippen molar-refractivity contribution < 1.29 is 13.2 Å². The highest BCUT2D eigenvalue weighted by Gasteiger charge is 2.12. The number of anilines is 1. The first-order valence-corrected chi connectivity index (χ1v) is 8.62. The zero-order valence-corrected chi connectivity index (χ0v) is 13.5. The van der Waals surface area contributed by atoms with E-state index in [1.807, 2.05) is 13.0 Å². The van der Waals surface area contributed by atoms with Gasteiger partial charge in [-0.2, -0.15) is 0 Å². The van der Waals surface area contributed by atoms with Crippen molar-refractivity contribution in [2.24, 2.45) is 0 Å². The number of benzene rings is 1. The molecule has 0 unspecified atom stereocenters. The molecule has 1 amide bonds. The SMILES string of the molecule is C=CS(=O)(=O)CCC(=O)Nc1cccc2c(Cl)c(C)cnc12. The minimum Gasteiger partial charge on any atom is -0.324 e. The third-order valence-corrected chi connectivity index (χ3v) is 4.93. The predicted octanol–water partition coefficient (Wildman–Crippen LogP) is 3.08. The Bertz CT molecular complexity index is 847. The summed E-state index contributed by atoms with van der Waals surface area (Å²) in [6.45, 7) is 5.06. The summed E-state index contributed by atoms with van der Waals surface area (Å²) in [6, 6.07) is 5.27. The van der Waals surface area contributed by atoms with Crippen molar-refractivity contribution in [1.29, 1.82) is 0 Å². The van der Waals surface area contributed by atoms with Gasteiger partial charge in [-0.05, 0) is 18.6 Å². The van der Waals surface area contributed by atoms with Crippen LogP contribution in [-0.4, -0.2) is 25.1 Å². The minimum absolute atomic E-state index is 0.148. The molecule has 0 spiro atoms. The first kappa shape index (κ1) is 16.5. The predicted molar refractivity (Wildman–Crippen MR) is 88.7 cm³/mol. The Hall–Kier alpha value is -1.92. The first-order chi connectivity index (χ1) is 10.3. The van der Waals surface area contributed by atoms with Crippen molar-refractivity contribution in [3.05, 3.63) is 47.0 Å². The quantitative estimate of drug-likeness (QED) is 0.908. The molecule has 7 heteroatoms. The van der Waals surface area contributed by atoms with Gasteiger partial charge in [0, 0.05) is 23.4 Å². The van der Waals surface area contributed by atoms with Crippen molar-refractivity contribution >= 4 is 43.9 Å². The van der Waals surface area contributed by atoms with Gasteiger partial charge in [-0.25, -0.2) is 8.42 Å². The summed E-state index contributed by atoms with van der Waals surface area (Å²) in [5, 5.41) is 4.83. The van der Waals surface area contributed by atoms with Gasteiger partial charge in [-0.1, -0.05) is 30.3 Å². The van der Waals surface area contributed by atoms with E-state index in [9.17, 15) is 13.2 Å². The van der Waals surface area contributed by atoms with Gasteiger partial charge in [-0.15, -0.1) is 0 Å². The van der Waals surface area contributed by atoms with E-state index in [0.29, 0.717) is 16.2 Å². The van der Waals surface area contributed by atoms with Gasteiger partial charge in [-0.3, -0.25) is 9.78 Å². The summed E-state index contributed by atoms with van der Waals surface area (Å²) < 4.78 is 22.6. The molecule has 0 aliphatic rings. The van der Waals surface area contributed by atoms with E-state index < -0.39 is 15.7 Å². The molecule has 0 saturated heterocycles. The van der Waals surface area contributed by atoms with Crippen LogP contribution in [0.5, 0.6) is 0 Å². The lowest BCUT2D eigenvalue weighted by atomic mass is 10.1. The summed E-state index contributed by atoms with van der Waals surface area (Å²) in [4.78, 5) is 16.2. The maximum Gasteiger partial charge on any atom is 0.225 e. The van der Waals surface area contributed by atoms with Crippen molar-refractivity contribution in [2.75, 3.05) is 11.1 Å². The number of hydrogen-bond acceptors (Lipinski definition) is 4. The molecule has 22 heavy (non-hydrogen) atoms. The van der Waals surface area contributed by atoms with Gasteiger partial charge in [0.2, 0.25) is 5.91 Å². The van der Waals surface area contributed by atoms with Gasteiger partial charge in [0.25, 0.3) is 0 Å². The van der Waals surface area contributed by atoms with E-state index in [1.54, 1.807) is 18.3 Å². The topological polar surface area (TPSA) is 76.1 Å². The molecule has 0 aliphatic carbocycles. The number of amides is 1. The summed E-state index contributed by atoms with van der Waals surface area (Å²) in [5.74, 6) is -0.683. The highest BCUT2D eigenvalue weighted by Crippen LogP contribution is 2.29. The lowest BCUT2D eigenvalue weighted by Gasteiger charge is -2.09. The van der Waals surface area contributed by atoms with E-state index >= 15 is 0 Å². The molecule has 0 aliphatic heterocycles. The third-order valence-electron chi connectivity index (χ3n) is 3.15. The van der Waals surface area contributed by atoms with Gasteiger partial charge in [0.1, 0.15) is 0 Å². The van der Waals surface area contributed by atoms with Crippen LogP contribution in [0.4, 0.5) is 5.69 Å². The summed E-state index contributed by atoms with van der Waals surface area (Å²) in [5.41, 5.74) is 1.91. The number of carbonyl (C=O) groups excluding carboxylic acids is 1. The molecule has 2 rings (SSSR count). The second kappa shape index (κ2) is 6.46. The normalized spacial score (nSPS) is 11.4. The molecule has 0 bridgehead atoms. The number of rotatable bonds is 5. The number of sulfone groups is 1. The maximum absolute atomic E-state index is 11.9. The number of hydrogen-bond donors (Lipinski definition) is 1. The van der Waals surface area contributed by atoms with Crippen LogP contribution in [0.1, 0.15) is 12.0 Å². The van der Waals surface area contributed by atoms with Crippen molar-refractivity contribution in [3.8, 4) is 0 Å². The number of carbonyl (C=O) groups is 1. The first-order valence-electron chi connectivity index (χ1n) is 6.53. The second-order valence-electron chi connectivity index (χ2n) is 4.79. The number of nitrogens with zero attached hydrogens (tertiary/aromatic N) is 1. The number of para-hydroxylation sites is 1. The highest BCUT2D eigenvalue weighted by atomic mass is 35.5. The van der Waals surface area contributed by atoms with E-state index in [0.717, 1.165) is 16.4 Å². The van der Waals surface area contributed by atoms with Crippen molar-refractivity contribution in [3.63, 3.8) is 0 Å². The fourth-order valence-electron chi connectivity index (χ4n) is 1.92. The number of fused-ring (bicyclic) bond motifs is 1. The Labute approximate surface area is 133 Å². The van der Waals surface area contributed by atoms with Crippen LogP contribution in [0.2, 0.25) is 5.02 Å². The van der Waals surface area contributed by atoms with Crippen LogP contribution in [-0.2, 0) is 14.6 Å². The molecule has 1 aromatic carbocycles. The molecule has 0 saturated carbocycles. The van der Waals surface area contributed by atoms with Gasteiger partial charge < -0.3 is 5.32 Å². The van der Waals surface area contributed by atoms with E-state index in [-0.39, 0.29) is 12.2 Å². The van der Waals surface area contributed by atoms with E-state index in [4.69, 9.17) is 11.6 Å². The number of nitrogens with one attached hydrogen (secondary N) is 1. The van der Waals surface area contributed by atoms with Crippen LogP contribution in [0.15, 0.2) is 36.4 Å². The van der Waals surface area contributed by atoms with Crippen LogP contribution >= 0.6 is 11.6 Å². The smallest absolute Gasteiger partial charge is 0.225 e. The van der Waals surface area contributed by atoms with Gasteiger partial charge in [0.15, 0.2) is 9.84 Å². The Morgan fingerprint density at radius 1 is 1.45 bits per heavy atom. The molecule has 5 nitrogen and oxygen atoms in total. The monoisotopic (exact) mass is 338 g/mol. The second-order valence-corrected chi connectivity index (χ2v) is 7.23. The summed E-state index contributed by atoms with van der Waals surface area (Å²) in [7, 11) is -3.40. The van der Waals surface area contributed by atoms with Crippen LogP contribution in [0.25, 0.3) is 10.9 Å². The Balaban J connectivity index is 2.24. The average molecular weight is 339 g/mol. The molecule has 0 fully saturated rings. The molecule has 116 valence electrons. The Kier molecular flexibility index (Phi) is 4.83. The maximum atomic E-state index is 11.9. The number of halogens is 1. The van der Waals surface area contributed by atoms with Crippen LogP contribution in [0, 0.1) is 6.92 Å². The number of aryl methyl sites for hydroxylation is 1. The molecule has 1 N–H and O–H groups in total. The molecule has 0 atom stereocenters. The fraction of sp³-hybridized carbons (Fsp3) is 0.200. The Morgan fingerprint density at radius 2 is 2.18 bits per heavy atom. The lowest BCUT2D eigenvalue weighted by Crippen LogP contribution is -2.16. The molecular formula is C15H15ClN2O3S. The number of pyridine rings is 1. The highest BCUT2D eigenvalue weighted by molar-refractivity contribution is 7.94.